The van der Waals surface area contributed by atoms with E-state index in [4.69, 9.17) is 5.11 Å². The summed E-state index contributed by atoms with van der Waals surface area (Å²) in [5, 5.41) is 9.12. The third-order valence-electron chi connectivity index (χ3n) is 2.71. The molecule has 0 aliphatic carbocycles. The number of aryl methyl sites for hydroxylation is 1. The van der Waals surface area contributed by atoms with Crippen LogP contribution in [-0.2, 0) is 16.6 Å². The summed E-state index contributed by atoms with van der Waals surface area (Å²) in [7, 11) is 0. The van der Waals surface area contributed by atoms with Gasteiger partial charge in [0.1, 0.15) is 11.2 Å². The zero-order valence-corrected chi connectivity index (χ0v) is 10.6. The monoisotopic (exact) mass is 224 g/mol. The second-order valence-electron chi connectivity index (χ2n) is 5.19. The molecule has 0 aliphatic rings. The van der Waals surface area contributed by atoms with Gasteiger partial charge in [0, 0.05) is 5.69 Å². The lowest BCUT2D eigenvalue weighted by Crippen LogP contribution is -2.29. The molecule has 0 bridgehead atoms. The first-order valence-electron chi connectivity index (χ1n) is 5.54. The van der Waals surface area contributed by atoms with Crippen molar-refractivity contribution in [3.63, 3.8) is 0 Å². The number of hydrogen-bond donors (Lipinski definition) is 2. The zero-order chi connectivity index (χ0) is 12.5. The first-order valence-corrected chi connectivity index (χ1v) is 5.54. The van der Waals surface area contributed by atoms with Crippen LogP contribution in [0.15, 0.2) is 0 Å². The summed E-state index contributed by atoms with van der Waals surface area (Å²) in [5.41, 5.74) is 0.984. The Bertz CT molecular complexity index is 392. The van der Waals surface area contributed by atoms with Crippen LogP contribution in [0, 0.1) is 12.8 Å². The second-order valence-corrected chi connectivity index (χ2v) is 5.19. The fraction of sp³-hybridized carbons (Fsp3) is 0.667. The largest absolute Gasteiger partial charge is 0.481 e. The summed E-state index contributed by atoms with van der Waals surface area (Å²) < 4.78 is 0. The van der Waals surface area contributed by atoms with Crippen LogP contribution in [0.3, 0.4) is 0 Å². The van der Waals surface area contributed by atoms with Crippen LogP contribution in [0.4, 0.5) is 0 Å². The number of rotatable bonds is 4. The van der Waals surface area contributed by atoms with Gasteiger partial charge < -0.3 is 10.1 Å². The van der Waals surface area contributed by atoms with Gasteiger partial charge in [-0.3, -0.25) is 4.79 Å². The fourth-order valence-electron chi connectivity index (χ4n) is 1.48. The number of imidazole rings is 1. The number of aliphatic carboxylic acids is 1. The lowest BCUT2D eigenvalue weighted by atomic mass is 9.93. The van der Waals surface area contributed by atoms with Crippen molar-refractivity contribution in [1.82, 2.24) is 9.97 Å². The minimum Gasteiger partial charge on any atom is -0.481 e. The van der Waals surface area contributed by atoms with Crippen molar-refractivity contribution in [2.24, 2.45) is 5.92 Å². The maximum Gasteiger partial charge on any atom is 0.316 e. The number of H-pyrrole nitrogens is 1. The summed E-state index contributed by atoms with van der Waals surface area (Å²) >= 11 is 0. The molecule has 0 fully saturated rings. The van der Waals surface area contributed by atoms with Gasteiger partial charge in [-0.25, -0.2) is 4.98 Å². The number of aromatic amines is 1. The van der Waals surface area contributed by atoms with Crippen LogP contribution in [-0.4, -0.2) is 21.0 Å². The highest BCUT2D eigenvalue weighted by atomic mass is 16.4. The van der Waals surface area contributed by atoms with Gasteiger partial charge >= 0.3 is 5.97 Å². The molecule has 0 saturated carbocycles. The van der Waals surface area contributed by atoms with Crippen LogP contribution >= 0.6 is 0 Å². The lowest BCUT2D eigenvalue weighted by molar-refractivity contribution is -0.142. The van der Waals surface area contributed by atoms with Crippen LogP contribution < -0.4 is 0 Å². The molecule has 1 rings (SSSR count). The van der Waals surface area contributed by atoms with Crippen molar-refractivity contribution >= 4 is 5.97 Å². The average molecular weight is 224 g/mol. The molecule has 4 nitrogen and oxygen atoms in total. The number of nitrogens with zero attached hydrogens (tertiary/aromatic N) is 1. The van der Waals surface area contributed by atoms with E-state index >= 15 is 0 Å². The number of hydrogen-bond acceptors (Lipinski definition) is 2. The average Bonchev–Trinajstić information content (AvgIpc) is 2.47. The minimum absolute atomic E-state index is 0.516. The topological polar surface area (TPSA) is 66.0 Å². The lowest BCUT2D eigenvalue weighted by Gasteiger charge is -2.15. The smallest absolute Gasteiger partial charge is 0.316 e. The van der Waals surface area contributed by atoms with Crippen molar-refractivity contribution in [2.75, 3.05) is 0 Å². The highest BCUT2D eigenvalue weighted by molar-refractivity contribution is 5.79. The predicted molar refractivity (Wildman–Crippen MR) is 62.5 cm³/mol. The third kappa shape index (κ3) is 2.43. The van der Waals surface area contributed by atoms with E-state index in [9.17, 15) is 4.79 Å². The molecule has 1 aromatic rings. The number of carboxylic acid groups (broad SMARTS) is 1. The molecule has 0 spiro atoms. The highest BCUT2D eigenvalue weighted by Crippen LogP contribution is 2.22. The summed E-state index contributed by atoms with van der Waals surface area (Å²) in [5.74, 6) is 0.188. The van der Waals surface area contributed by atoms with Gasteiger partial charge in [0.15, 0.2) is 0 Å². The first kappa shape index (κ1) is 12.7. The summed E-state index contributed by atoms with van der Waals surface area (Å²) in [4.78, 5) is 18.6. The number of nitrogens with one attached hydrogen (secondary N) is 1. The van der Waals surface area contributed by atoms with E-state index in [1.54, 1.807) is 13.8 Å². The van der Waals surface area contributed by atoms with E-state index in [1.807, 2.05) is 6.92 Å². The second kappa shape index (κ2) is 4.28. The maximum atomic E-state index is 11.1. The Labute approximate surface area is 96.1 Å². The number of carboxylic acids is 1. The normalized spacial score (nSPS) is 12.1. The van der Waals surface area contributed by atoms with Crippen LogP contribution in [0.2, 0.25) is 0 Å². The Balaban J connectivity index is 3.05. The van der Waals surface area contributed by atoms with E-state index in [-0.39, 0.29) is 0 Å². The standard InChI is InChI=1S/C12H20N2O2/c1-7(2)6-9-8(3)13-10(14-9)12(4,5)11(15)16/h7H,6H2,1-5H3,(H,13,14)(H,15,16). The third-order valence-corrected chi connectivity index (χ3v) is 2.71. The van der Waals surface area contributed by atoms with Crippen molar-refractivity contribution in [3.8, 4) is 0 Å². The van der Waals surface area contributed by atoms with Crippen LogP contribution in [0.5, 0.6) is 0 Å². The van der Waals surface area contributed by atoms with Crippen LogP contribution in [0.25, 0.3) is 0 Å². The Kier molecular flexibility index (Phi) is 3.41. The molecular formula is C12H20N2O2. The number of aromatic nitrogens is 2. The Morgan fingerprint density at radius 2 is 2.06 bits per heavy atom. The van der Waals surface area contributed by atoms with Gasteiger partial charge in [-0.15, -0.1) is 0 Å². The molecule has 1 aromatic heterocycles. The molecule has 0 aromatic carbocycles. The Morgan fingerprint density at radius 1 is 1.50 bits per heavy atom. The summed E-state index contributed by atoms with van der Waals surface area (Å²) in [6.07, 6.45) is 0.873. The molecule has 4 heteroatoms. The molecule has 0 aliphatic heterocycles. The minimum atomic E-state index is -0.958. The number of carbonyl (C=O) groups is 1. The quantitative estimate of drug-likeness (QED) is 0.824. The van der Waals surface area contributed by atoms with E-state index in [1.165, 1.54) is 0 Å². The van der Waals surface area contributed by atoms with Crippen molar-refractivity contribution in [1.29, 1.82) is 0 Å². The highest BCUT2D eigenvalue weighted by Gasteiger charge is 2.33. The fourth-order valence-corrected chi connectivity index (χ4v) is 1.48. The SMILES string of the molecule is Cc1[nH]c(C(C)(C)C(=O)O)nc1CC(C)C. The van der Waals surface area contributed by atoms with E-state index in [0.717, 1.165) is 17.8 Å². The van der Waals surface area contributed by atoms with Gasteiger partial charge in [-0.2, -0.15) is 0 Å². The van der Waals surface area contributed by atoms with Gasteiger partial charge in [-0.05, 0) is 33.1 Å². The molecule has 2 N–H and O–H groups in total. The Hall–Kier alpha value is -1.32. The maximum absolute atomic E-state index is 11.1. The molecule has 0 unspecified atom stereocenters. The van der Waals surface area contributed by atoms with Gasteiger partial charge in [0.2, 0.25) is 0 Å². The zero-order valence-electron chi connectivity index (χ0n) is 10.6. The van der Waals surface area contributed by atoms with E-state index in [2.05, 4.69) is 23.8 Å². The molecule has 16 heavy (non-hydrogen) atoms. The molecule has 0 saturated heterocycles. The van der Waals surface area contributed by atoms with Crippen molar-refractivity contribution in [3.05, 3.63) is 17.2 Å². The van der Waals surface area contributed by atoms with Gasteiger partial charge in [0.25, 0.3) is 0 Å². The molecule has 0 radical (unpaired) electrons. The predicted octanol–water partition coefficient (Wildman–Crippen LogP) is 2.28. The molecule has 0 atom stereocenters. The van der Waals surface area contributed by atoms with E-state index < -0.39 is 11.4 Å². The molecule has 90 valence electrons. The van der Waals surface area contributed by atoms with Gasteiger partial charge in [0.05, 0.1) is 5.69 Å². The van der Waals surface area contributed by atoms with Crippen molar-refractivity contribution < 1.29 is 9.90 Å². The first-order chi connectivity index (χ1) is 7.25. The van der Waals surface area contributed by atoms with Crippen molar-refractivity contribution in [2.45, 2.75) is 46.5 Å². The van der Waals surface area contributed by atoms with Gasteiger partial charge in [-0.1, -0.05) is 13.8 Å². The summed E-state index contributed by atoms with van der Waals surface area (Å²) in [6.45, 7) is 9.50. The molecule has 1 heterocycles. The van der Waals surface area contributed by atoms with E-state index in [0.29, 0.717) is 11.7 Å². The van der Waals surface area contributed by atoms with Crippen LogP contribution in [0.1, 0.15) is 44.9 Å². The molecule has 0 amide bonds. The molecular weight excluding hydrogens is 204 g/mol. The summed E-state index contributed by atoms with van der Waals surface area (Å²) in [6, 6.07) is 0. The Morgan fingerprint density at radius 3 is 2.50 bits per heavy atom.